The van der Waals surface area contributed by atoms with Gasteiger partial charge in [0.15, 0.2) is 6.61 Å². The molecule has 2 heterocycles. The summed E-state index contributed by atoms with van der Waals surface area (Å²) in [5.41, 5.74) is 1.69. The van der Waals surface area contributed by atoms with Crippen molar-refractivity contribution >= 4 is 17.4 Å². The fourth-order valence-electron chi connectivity index (χ4n) is 2.13. The van der Waals surface area contributed by atoms with Crippen LogP contribution in [0.5, 0.6) is 5.75 Å². The van der Waals surface area contributed by atoms with Crippen molar-refractivity contribution in [1.29, 1.82) is 0 Å². The number of anilines is 2. The smallest absolute Gasteiger partial charge is 0.262 e. The highest BCUT2D eigenvalue weighted by Crippen LogP contribution is 2.12. The van der Waals surface area contributed by atoms with Gasteiger partial charge >= 0.3 is 0 Å². The van der Waals surface area contributed by atoms with E-state index >= 15 is 0 Å². The number of nitrogens with one attached hydrogen (secondary N) is 2. The number of pyridine rings is 2. The number of ether oxygens (including phenoxy) is 1. The zero-order valence-corrected chi connectivity index (χ0v) is 13.6. The van der Waals surface area contributed by atoms with Crippen LogP contribution in [0.15, 0.2) is 73.2 Å². The van der Waals surface area contributed by atoms with E-state index in [9.17, 15) is 4.79 Å². The Hall–Kier alpha value is -3.41. The van der Waals surface area contributed by atoms with Gasteiger partial charge in [0.2, 0.25) is 0 Å². The quantitative estimate of drug-likeness (QED) is 0.694. The SMILES string of the molecule is O=C(COc1ccccc1)Nc1ccc(NCc2cccnc2)nc1. The highest BCUT2D eigenvalue weighted by Gasteiger charge is 2.04. The Morgan fingerprint density at radius 2 is 1.88 bits per heavy atom. The average Bonchev–Trinajstić information content (AvgIpc) is 2.67. The number of nitrogens with zero attached hydrogens (tertiary/aromatic N) is 2. The van der Waals surface area contributed by atoms with Crippen LogP contribution < -0.4 is 15.4 Å². The fourth-order valence-corrected chi connectivity index (χ4v) is 2.13. The largest absolute Gasteiger partial charge is 0.484 e. The Kier molecular flexibility index (Phi) is 5.56. The molecule has 1 amide bonds. The Bertz CT molecular complexity index is 793. The average molecular weight is 334 g/mol. The lowest BCUT2D eigenvalue weighted by molar-refractivity contribution is -0.118. The molecule has 1 aromatic carbocycles. The summed E-state index contributed by atoms with van der Waals surface area (Å²) in [6.07, 6.45) is 5.14. The third kappa shape index (κ3) is 5.31. The predicted octanol–water partition coefficient (Wildman–Crippen LogP) is 3.11. The zero-order valence-electron chi connectivity index (χ0n) is 13.6. The molecule has 0 atom stereocenters. The minimum absolute atomic E-state index is 0.0506. The first kappa shape index (κ1) is 16.4. The number of hydrogen-bond donors (Lipinski definition) is 2. The second kappa shape index (κ2) is 8.44. The summed E-state index contributed by atoms with van der Waals surface area (Å²) in [5, 5.41) is 5.95. The molecule has 0 aliphatic heterocycles. The molecule has 0 radical (unpaired) electrons. The summed E-state index contributed by atoms with van der Waals surface area (Å²) in [5.74, 6) is 1.15. The van der Waals surface area contributed by atoms with E-state index in [2.05, 4.69) is 20.6 Å². The first-order valence-electron chi connectivity index (χ1n) is 7.86. The molecule has 25 heavy (non-hydrogen) atoms. The van der Waals surface area contributed by atoms with Gasteiger partial charge in [0.05, 0.1) is 11.9 Å². The van der Waals surface area contributed by atoms with Crippen molar-refractivity contribution in [1.82, 2.24) is 9.97 Å². The fraction of sp³-hybridized carbons (Fsp3) is 0.105. The van der Waals surface area contributed by atoms with E-state index in [1.54, 1.807) is 36.8 Å². The number of aromatic nitrogens is 2. The van der Waals surface area contributed by atoms with Gasteiger partial charge in [0, 0.05) is 18.9 Å². The Balaban J connectivity index is 1.46. The van der Waals surface area contributed by atoms with Gasteiger partial charge in [0.1, 0.15) is 11.6 Å². The number of carbonyl (C=O) groups excluding carboxylic acids is 1. The second-order valence-electron chi connectivity index (χ2n) is 5.30. The van der Waals surface area contributed by atoms with Crippen LogP contribution in [0.2, 0.25) is 0 Å². The van der Waals surface area contributed by atoms with Gasteiger partial charge in [-0.05, 0) is 35.9 Å². The van der Waals surface area contributed by atoms with Gasteiger partial charge in [-0.25, -0.2) is 4.98 Å². The number of benzene rings is 1. The molecule has 126 valence electrons. The summed E-state index contributed by atoms with van der Waals surface area (Å²) < 4.78 is 5.40. The topological polar surface area (TPSA) is 76.1 Å². The molecule has 0 saturated heterocycles. The molecule has 6 heteroatoms. The molecule has 3 rings (SSSR count). The van der Waals surface area contributed by atoms with Crippen LogP contribution in [-0.2, 0) is 11.3 Å². The first-order chi connectivity index (χ1) is 12.3. The van der Waals surface area contributed by atoms with Gasteiger partial charge < -0.3 is 15.4 Å². The molecule has 0 fully saturated rings. The van der Waals surface area contributed by atoms with Crippen molar-refractivity contribution in [3.8, 4) is 5.75 Å². The van der Waals surface area contributed by atoms with Crippen LogP contribution >= 0.6 is 0 Å². The van der Waals surface area contributed by atoms with E-state index in [1.165, 1.54) is 0 Å². The number of rotatable bonds is 7. The second-order valence-corrected chi connectivity index (χ2v) is 5.30. The van der Waals surface area contributed by atoms with E-state index in [-0.39, 0.29) is 12.5 Å². The maximum Gasteiger partial charge on any atom is 0.262 e. The number of para-hydroxylation sites is 1. The molecule has 0 bridgehead atoms. The van der Waals surface area contributed by atoms with Crippen LogP contribution in [0.4, 0.5) is 11.5 Å². The van der Waals surface area contributed by atoms with Crippen LogP contribution in [0.3, 0.4) is 0 Å². The number of amides is 1. The maximum atomic E-state index is 11.9. The number of hydrogen-bond acceptors (Lipinski definition) is 5. The van der Waals surface area contributed by atoms with Crippen LogP contribution in [0, 0.1) is 0 Å². The minimum Gasteiger partial charge on any atom is -0.484 e. The third-order valence-electron chi connectivity index (χ3n) is 3.36. The lowest BCUT2D eigenvalue weighted by atomic mass is 10.3. The highest BCUT2D eigenvalue weighted by atomic mass is 16.5. The molecule has 2 aromatic heterocycles. The molecule has 2 N–H and O–H groups in total. The lowest BCUT2D eigenvalue weighted by Crippen LogP contribution is -2.20. The van der Waals surface area contributed by atoms with E-state index in [1.807, 2.05) is 36.4 Å². The lowest BCUT2D eigenvalue weighted by Gasteiger charge is -2.09. The van der Waals surface area contributed by atoms with Crippen molar-refractivity contribution in [2.75, 3.05) is 17.2 Å². The summed E-state index contributed by atoms with van der Waals surface area (Å²) in [4.78, 5) is 20.2. The van der Waals surface area contributed by atoms with Crippen molar-refractivity contribution in [2.24, 2.45) is 0 Å². The summed E-state index contributed by atoms with van der Waals surface area (Å²) in [7, 11) is 0. The van der Waals surface area contributed by atoms with E-state index in [4.69, 9.17) is 4.74 Å². The number of carbonyl (C=O) groups is 1. The third-order valence-corrected chi connectivity index (χ3v) is 3.36. The predicted molar refractivity (Wildman–Crippen MR) is 96.4 cm³/mol. The molecule has 0 aliphatic carbocycles. The standard InChI is InChI=1S/C19H18N4O2/c24-19(14-25-17-6-2-1-3-7-17)23-16-8-9-18(22-13-16)21-12-15-5-4-10-20-11-15/h1-11,13H,12,14H2,(H,21,22)(H,23,24). The van der Waals surface area contributed by atoms with Gasteiger partial charge in [-0.15, -0.1) is 0 Å². The van der Waals surface area contributed by atoms with Gasteiger partial charge in [0.25, 0.3) is 5.91 Å². The summed E-state index contributed by atoms with van der Waals surface area (Å²) >= 11 is 0. The van der Waals surface area contributed by atoms with Crippen molar-refractivity contribution in [3.63, 3.8) is 0 Å². The molecular formula is C19H18N4O2. The van der Waals surface area contributed by atoms with Gasteiger partial charge in [-0.3, -0.25) is 9.78 Å². The maximum absolute atomic E-state index is 11.9. The molecule has 0 spiro atoms. The van der Waals surface area contributed by atoms with Gasteiger partial charge in [-0.2, -0.15) is 0 Å². The first-order valence-corrected chi connectivity index (χ1v) is 7.86. The van der Waals surface area contributed by atoms with Gasteiger partial charge in [-0.1, -0.05) is 24.3 Å². The summed E-state index contributed by atoms with van der Waals surface area (Å²) in [6.45, 7) is 0.586. The van der Waals surface area contributed by atoms with Crippen LogP contribution in [0.25, 0.3) is 0 Å². The monoisotopic (exact) mass is 334 g/mol. The Morgan fingerprint density at radius 3 is 2.60 bits per heavy atom. The molecular weight excluding hydrogens is 316 g/mol. The Labute approximate surface area is 145 Å². The van der Waals surface area contributed by atoms with Crippen molar-refractivity contribution in [3.05, 3.63) is 78.8 Å². The van der Waals surface area contributed by atoms with Crippen molar-refractivity contribution in [2.45, 2.75) is 6.54 Å². The summed E-state index contributed by atoms with van der Waals surface area (Å²) in [6, 6.07) is 16.7. The van der Waals surface area contributed by atoms with Crippen LogP contribution in [-0.4, -0.2) is 22.5 Å². The molecule has 0 unspecified atom stereocenters. The van der Waals surface area contributed by atoms with Crippen LogP contribution in [0.1, 0.15) is 5.56 Å². The minimum atomic E-state index is -0.235. The van der Waals surface area contributed by atoms with Crippen molar-refractivity contribution < 1.29 is 9.53 Å². The Morgan fingerprint density at radius 1 is 1.00 bits per heavy atom. The van der Waals surface area contributed by atoms with E-state index < -0.39 is 0 Å². The van der Waals surface area contributed by atoms with E-state index in [0.717, 1.165) is 11.4 Å². The molecule has 0 aliphatic rings. The zero-order chi connectivity index (χ0) is 17.3. The molecule has 0 saturated carbocycles. The highest BCUT2D eigenvalue weighted by molar-refractivity contribution is 5.91. The molecule has 3 aromatic rings. The van der Waals surface area contributed by atoms with E-state index in [0.29, 0.717) is 18.0 Å². The molecule has 6 nitrogen and oxygen atoms in total. The normalized spacial score (nSPS) is 10.1.